The normalized spacial score (nSPS) is 11.9. The Labute approximate surface area is 268 Å². The van der Waals surface area contributed by atoms with Crippen molar-refractivity contribution in [2.24, 2.45) is 5.10 Å². The number of amides is 1. The molecule has 0 saturated carbocycles. The predicted molar refractivity (Wildman–Crippen MR) is 173 cm³/mol. The summed E-state index contributed by atoms with van der Waals surface area (Å²) in [7, 11) is -4.46. The summed E-state index contributed by atoms with van der Waals surface area (Å²) >= 11 is 5.75. The fourth-order valence-corrected chi connectivity index (χ4v) is 6.17. The van der Waals surface area contributed by atoms with E-state index in [0.717, 1.165) is 34.0 Å². The van der Waals surface area contributed by atoms with Crippen molar-refractivity contribution in [1.29, 1.82) is 0 Å². The molecule has 0 aliphatic rings. The van der Waals surface area contributed by atoms with E-state index in [1.165, 1.54) is 30.5 Å². The van der Waals surface area contributed by atoms with Gasteiger partial charge in [0, 0.05) is 0 Å². The minimum Gasteiger partial charge on any atom is -0.489 e. The Morgan fingerprint density at radius 3 is 2.30 bits per heavy atom. The number of hydrazone groups is 1. The number of hydrogen-bond acceptors (Lipinski definition) is 5. The molecule has 0 atom stereocenters. The number of carbonyl (C=O) groups is 1. The molecule has 236 valence electrons. The van der Waals surface area contributed by atoms with Gasteiger partial charge in [-0.25, -0.2) is 13.8 Å². The lowest BCUT2D eigenvalue weighted by Gasteiger charge is -2.25. The van der Waals surface area contributed by atoms with Gasteiger partial charge < -0.3 is 4.74 Å². The molecule has 7 nitrogen and oxygen atoms in total. The molecule has 46 heavy (non-hydrogen) atoms. The lowest BCUT2D eigenvalue weighted by molar-refractivity contribution is -0.137. The van der Waals surface area contributed by atoms with Gasteiger partial charge in [-0.3, -0.25) is 9.10 Å². The van der Waals surface area contributed by atoms with Crippen LogP contribution in [0.2, 0.25) is 5.02 Å². The monoisotopic (exact) mass is 665 g/mol. The summed E-state index contributed by atoms with van der Waals surface area (Å²) in [6, 6.07) is 29.4. The number of nitrogens with zero attached hydrogens (tertiary/aromatic N) is 2. The number of alkyl halides is 3. The maximum atomic E-state index is 13.6. The van der Waals surface area contributed by atoms with Crippen LogP contribution in [0.25, 0.3) is 10.8 Å². The van der Waals surface area contributed by atoms with Gasteiger partial charge in [-0.05, 0) is 89.5 Å². The Kier molecular flexibility index (Phi) is 9.64. The number of fused-ring (bicyclic) bond motifs is 1. The molecule has 0 spiro atoms. The molecule has 5 aromatic rings. The fraction of sp³-hybridized carbons (Fsp3) is 0.118. The second-order valence-corrected chi connectivity index (χ2v) is 12.6. The summed E-state index contributed by atoms with van der Waals surface area (Å²) in [5.41, 5.74) is 3.00. The van der Waals surface area contributed by atoms with E-state index in [1.807, 2.05) is 36.4 Å². The van der Waals surface area contributed by atoms with E-state index in [0.29, 0.717) is 28.3 Å². The van der Waals surface area contributed by atoms with Crippen molar-refractivity contribution in [3.63, 3.8) is 0 Å². The molecule has 0 unspecified atom stereocenters. The van der Waals surface area contributed by atoms with Gasteiger partial charge in [0.1, 0.15) is 18.9 Å². The quantitative estimate of drug-likeness (QED) is 0.122. The predicted octanol–water partition coefficient (Wildman–Crippen LogP) is 7.75. The molecule has 0 saturated heterocycles. The third-order valence-corrected chi connectivity index (χ3v) is 9.06. The van der Waals surface area contributed by atoms with Crippen molar-refractivity contribution < 1.29 is 31.1 Å². The van der Waals surface area contributed by atoms with Gasteiger partial charge in [-0.2, -0.15) is 18.3 Å². The highest BCUT2D eigenvalue weighted by Crippen LogP contribution is 2.38. The summed E-state index contributed by atoms with van der Waals surface area (Å²) in [5.74, 6) is -0.265. The Hall–Kier alpha value is -4.87. The molecule has 5 aromatic carbocycles. The number of ether oxygens (including phenoxy) is 1. The first kappa shape index (κ1) is 32.5. The minimum atomic E-state index is -4.85. The molecule has 5 rings (SSSR count). The zero-order chi connectivity index (χ0) is 32.9. The number of nitrogens with one attached hydrogen (secondary N) is 1. The number of halogens is 4. The molecule has 1 amide bonds. The van der Waals surface area contributed by atoms with E-state index in [4.69, 9.17) is 16.3 Å². The highest BCUT2D eigenvalue weighted by Gasteiger charge is 2.35. The van der Waals surface area contributed by atoms with E-state index in [2.05, 4.69) is 16.6 Å². The summed E-state index contributed by atoms with van der Waals surface area (Å²) in [4.78, 5) is 12.6. The third-order valence-electron chi connectivity index (χ3n) is 6.94. The SMILES string of the molecule is Cc1ccc(S(=O)(=O)N(CC(=O)N/N=C\c2ccc(OCc3ccc4ccccc4c3)cc2)c2ccc(Cl)c(C(F)(F)F)c2)cc1. The van der Waals surface area contributed by atoms with Crippen LogP contribution in [-0.2, 0) is 27.6 Å². The maximum absolute atomic E-state index is 13.6. The van der Waals surface area contributed by atoms with Gasteiger partial charge in [-0.15, -0.1) is 0 Å². The standard InChI is InChI=1S/C34H27ClF3N3O4S/c1-23-6-15-30(16-7-23)46(43,44)41(28-12-17-32(35)31(19-28)34(36,37)38)21-33(42)40-39-20-24-9-13-29(14-10-24)45-22-25-8-11-26-4-2-3-5-27(26)18-25/h2-20H,21-22H2,1H3,(H,40,42)/b39-20-. The number of sulfonamides is 1. The molecule has 0 aliphatic carbocycles. The summed E-state index contributed by atoms with van der Waals surface area (Å²) in [6.07, 6.45) is -3.51. The third kappa shape index (κ3) is 7.85. The Morgan fingerprint density at radius 1 is 0.913 bits per heavy atom. The molecular formula is C34H27ClF3N3O4S. The molecule has 12 heteroatoms. The van der Waals surface area contributed by atoms with Crippen molar-refractivity contribution in [2.75, 3.05) is 10.8 Å². The summed E-state index contributed by atoms with van der Waals surface area (Å²) < 4.78 is 74.3. The van der Waals surface area contributed by atoms with Gasteiger partial charge in [0.05, 0.1) is 27.4 Å². The van der Waals surface area contributed by atoms with Crippen LogP contribution < -0.4 is 14.5 Å². The number of rotatable bonds is 10. The molecule has 0 aromatic heterocycles. The number of anilines is 1. The second-order valence-electron chi connectivity index (χ2n) is 10.3. The van der Waals surface area contributed by atoms with E-state index in [1.54, 1.807) is 31.2 Å². The number of benzene rings is 5. The van der Waals surface area contributed by atoms with Crippen LogP contribution in [0.15, 0.2) is 119 Å². The molecule has 0 heterocycles. The van der Waals surface area contributed by atoms with Crippen LogP contribution in [0.1, 0.15) is 22.3 Å². The lowest BCUT2D eigenvalue weighted by Crippen LogP contribution is -2.39. The smallest absolute Gasteiger partial charge is 0.417 e. The minimum absolute atomic E-state index is 0.208. The van der Waals surface area contributed by atoms with E-state index in [-0.39, 0.29) is 4.90 Å². The van der Waals surface area contributed by atoms with E-state index >= 15 is 0 Å². The lowest BCUT2D eigenvalue weighted by atomic mass is 10.1. The highest BCUT2D eigenvalue weighted by molar-refractivity contribution is 7.92. The van der Waals surface area contributed by atoms with E-state index in [9.17, 15) is 26.4 Å². The first-order valence-corrected chi connectivity index (χ1v) is 15.7. The maximum Gasteiger partial charge on any atom is 0.417 e. The highest BCUT2D eigenvalue weighted by atomic mass is 35.5. The number of aryl methyl sites for hydroxylation is 1. The zero-order valence-electron chi connectivity index (χ0n) is 24.3. The largest absolute Gasteiger partial charge is 0.489 e. The van der Waals surface area contributed by atoms with Gasteiger partial charge >= 0.3 is 6.18 Å². The molecule has 0 bridgehead atoms. The first-order chi connectivity index (χ1) is 21.9. The van der Waals surface area contributed by atoms with Crippen LogP contribution in [0.4, 0.5) is 18.9 Å². The van der Waals surface area contributed by atoms with Crippen molar-refractivity contribution in [1.82, 2.24) is 5.43 Å². The molecule has 0 fully saturated rings. The van der Waals surface area contributed by atoms with Crippen molar-refractivity contribution in [3.8, 4) is 5.75 Å². The van der Waals surface area contributed by atoms with Crippen LogP contribution in [-0.4, -0.2) is 27.1 Å². The molecular weight excluding hydrogens is 639 g/mol. The Balaban J connectivity index is 1.26. The second kappa shape index (κ2) is 13.6. The van der Waals surface area contributed by atoms with Gasteiger partial charge in [-0.1, -0.05) is 65.7 Å². The number of hydrogen-bond donors (Lipinski definition) is 1. The van der Waals surface area contributed by atoms with Crippen LogP contribution in [0.3, 0.4) is 0 Å². The first-order valence-electron chi connectivity index (χ1n) is 13.9. The average molecular weight is 666 g/mol. The van der Waals surface area contributed by atoms with Crippen LogP contribution >= 0.6 is 11.6 Å². The fourth-order valence-electron chi connectivity index (χ4n) is 4.53. The van der Waals surface area contributed by atoms with Crippen molar-refractivity contribution in [3.05, 3.63) is 136 Å². The summed E-state index contributed by atoms with van der Waals surface area (Å²) in [5, 5.41) is 5.54. The Morgan fingerprint density at radius 2 is 1.61 bits per heavy atom. The van der Waals surface area contributed by atoms with Crippen molar-refractivity contribution >= 4 is 50.2 Å². The zero-order valence-corrected chi connectivity index (χ0v) is 25.9. The van der Waals surface area contributed by atoms with Gasteiger partial charge in [0.25, 0.3) is 15.9 Å². The van der Waals surface area contributed by atoms with Crippen LogP contribution in [0.5, 0.6) is 5.75 Å². The van der Waals surface area contributed by atoms with Gasteiger partial charge in [0.2, 0.25) is 0 Å². The molecule has 0 radical (unpaired) electrons. The average Bonchev–Trinajstić information content (AvgIpc) is 3.03. The Bertz CT molecular complexity index is 2000. The summed E-state index contributed by atoms with van der Waals surface area (Å²) in [6.45, 7) is 1.27. The topological polar surface area (TPSA) is 88.1 Å². The number of carbonyl (C=O) groups excluding carboxylic acids is 1. The van der Waals surface area contributed by atoms with E-state index < -0.39 is 44.9 Å². The molecule has 1 N–H and O–H groups in total. The van der Waals surface area contributed by atoms with Crippen molar-refractivity contribution in [2.45, 2.75) is 24.6 Å². The molecule has 0 aliphatic heterocycles. The van der Waals surface area contributed by atoms with Gasteiger partial charge in [0.15, 0.2) is 0 Å². The van der Waals surface area contributed by atoms with Crippen LogP contribution in [0, 0.1) is 6.92 Å².